The van der Waals surface area contributed by atoms with Gasteiger partial charge in [0.1, 0.15) is 12.4 Å². The van der Waals surface area contributed by atoms with Crippen molar-refractivity contribution in [2.24, 2.45) is 0 Å². The Kier molecular flexibility index (Phi) is 6.82. The highest BCUT2D eigenvalue weighted by Crippen LogP contribution is 2.35. The molecule has 2 aromatic rings. The summed E-state index contributed by atoms with van der Waals surface area (Å²) in [6.07, 6.45) is 3.83. The number of carbonyl (C=O) groups excluding carboxylic acids is 1. The number of benzene rings is 1. The zero-order chi connectivity index (χ0) is 18.2. The lowest BCUT2D eigenvalue weighted by molar-refractivity contribution is -0.139. The van der Waals surface area contributed by atoms with E-state index in [1.807, 2.05) is 12.3 Å². The maximum Gasteiger partial charge on any atom is 0.331 e. The van der Waals surface area contributed by atoms with Crippen molar-refractivity contribution in [2.75, 3.05) is 21.3 Å². The SMILES string of the molecule is CCc1nc(COC(=O)/C=C/c2cc(OC)c(OC)cc2OC)cs1. The molecule has 0 N–H and O–H groups in total. The summed E-state index contributed by atoms with van der Waals surface area (Å²) in [6, 6.07) is 3.43. The van der Waals surface area contributed by atoms with Gasteiger partial charge in [-0.1, -0.05) is 6.92 Å². The van der Waals surface area contributed by atoms with Gasteiger partial charge < -0.3 is 18.9 Å². The average molecular weight is 363 g/mol. The van der Waals surface area contributed by atoms with Gasteiger partial charge in [0, 0.05) is 23.1 Å². The summed E-state index contributed by atoms with van der Waals surface area (Å²) in [4.78, 5) is 16.3. The van der Waals surface area contributed by atoms with Crippen LogP contribution in [0.4, 0.5) is 0 Å². The van der Waals surface area contributed by atoms with Crippen molar-refractivity contribution in [3.63, 3.8) is 0 Å². The first-order valence-electron chi connectivity index (χ1n) is 7.69. The van der Waals surface area contributed by atoms with Crippen LogP contribution < -0.4 is 14.2 Å². The molecule has 0 spiro atoms. The van der Waals surface area contributed by atoms with E-state index in [-0.39, 0.29) is 6.61 Å². The lowest BCUT2D eigenvalue weighted by Crippen LogP contribution is -2.01. The largest absolute Gasteiger partial charge is 0.496 e. The van der Waals surface area contributed by atoms with E-state index < -0.39 is 5.97 Å². The number of rotatable bonds is 8. The summed E-state index contributed by atoms with van der Waals surface area (Å²) in [5.41, 5.74) is 1.44. The number of ether oxygens (including phenoxy) is 4. The fourth-order valence-corrected chi connectivity index (χ4v) is 2.84. The summed E-state index contributed by atoms with van der Waals surface area (Å²) in [6.45, 7) is 2.19. The van der Waals surface area contributed by atoms with E-state index >= 15 is 0 Å². The maximum atomic E-state index is 11.9. The van der Waals surface area contributed by atoms with E-state index in [1.54, 1.807) is 50.9 Å². The third-order valence-electron chi connectivity index (χ3n) is 3.40. The molecule has 0 unspecified atom stereocenters. The number of hydrogen-bond acceptors (Lipinski definition) is 7. The van der Waals surface area contributed by atoms with Gasteiger partial charge in [-0.15, -0.1) is 11.3 Å². The van der Waals surface area contributed by atoms with Gasteiger partial charge in [-0.3, -0.25) is 0 Å². The van der Waals surface area contributed by atoms with Gasteiger partial charge in [0.15, 0.2) is 11.5 Å². The van der Waals surface area contributed by atoms with Gasteiger partial charge in [0.05, 0.1) is 32.0 Å². The van der Waals surface area contributed by atoms with Crippen LogP contribution in [0.15, 0.2) is 23.6 Å². The molecule has 0 fully saturated rings. The minimum Gasteiger partial charge on any atom is -0.496 e. The molecule has 1 aromatic heterocycles. The Balaban J connectivity index is 2.05. The molecule has 25 heavy (non-hydrogen) atoms. The lowest BCUT2D eigenvalue weighted by Gasteiger charge is -2.12. The van der Waals surface area contributed by atoms with Crippen LogP contribution in [-0.2, 0) is 22.6 Å². The topological polar surface area (TPSA) is 66.9 Å². The smallest absolute Gasteiger partial charge is 0.331 e. The third-order valence-corrected chi connectivity index (χ3v) is 4.44. The number of carbonyl (C=O) groups is 1. The summed E-state index contributed by atoms with van der Waals surface area (Å²) in [5.74, 6) is 1.21. The number of esters is 1. The Morgan fingerprint density at radius 2 is 1.80 bits per heavy atom. The summed E-state index contributed by atoms with van der Waals surface area (Å²) in [7, 11) is 4.64. The van der Waals surface area contributed by atoms with Crippen LogP contribution in [-0.4, -0.2) is 32.3 Å². The van der Waals surface area contributed by atoms with E-state index in [1.165, 1.54) is 6.08 Å². The number of aryl methyl sites for hydroxylation is 1. The number of methoxy groups -OCH3 is 3. The minimum absolute atomic E-state index is 0.155. The second kappa shape index (κ2) is 9.08. The molecule has 0 saturated carbocycles. The molecule has 6 nitrogen and oxygen atoms in total. The first-order valence-corrected chi connectivity index (χ1v) is 8.57. The van der Waals surface area contributed by atoms with Gasteiger partial charge in [0.2, 0.25) is 0 Å². The molecule has 0 atom stereocenters. The zero-order valence-electron chi connectivity index (χ0n) is 14.7. The quantitative estimate of drug-likeness (QED) is 0.528. The van der Waals surface area contributed by atoms with Crippen LogP contribution in [0.5, 0.6) is 17.2 Å². The molecule has 0 aliphatic rings. The van der Waals surface area contributed by atoms with Crippen LogP contribution in [0.2, 0.25) is 0 Å². The van der Waals surface area contributed by atoms with Crippen LogP contribution in [0.3, 0.4) is 0 Å². The normalized spacial score (nSPS) is 10.7. The number of thiazole rings is 1. The average Bonchev–Trinajstić information content (AvgIpc) is 3.11. The molecule has 0 bridgehead atoms. The second-order valence-corrected chi connectivity index (χ2v) is 5.92. The summed E-state index contributed by atoms with van der Waals surface area (Å²) in [5, 5.41) is 2.92. The van der Waals surface area contributed by atoms with Crippen LogP contribution >= 0.6 is 11.3 Å². The molecular formula is C18H21NO5S. The lowest BCUT2D eigenvalue weighted by atomic mass is 10.1. The predicted octanol–water partition coefficient (Wildman–Crippen LogP) is 3.49. The third kappa shape index (κ3) is 4.96. The number of nitrogens with zero attached hydrogens (tertiary/aromatic N) is 1. The van der Waals surface area contributed by atoms with Crippen molar-refractivity contribution in [3.05, 3.63) is 39.9 Å². The molecule has 0 amide bonds. The standard InChI is InChI=1S/C18H21NO5S/c1-5-17-19-13(11-25-17)10-24-18(20)7-6-12-8-15(22-3)16(23-4)9-14(12)21-2/h6-9,11H,5,10H2,1-4H3/b7-6+. The fraction of sp³-hybridized carbons (Fsp3) is 0.333. The first kappa shape index (κ1) is 18.8. The van der Waals surface area contributed by atoms with Crippen molar-refractivity contribution in [1.29, 1.82) is 0 Å². The molecule has 1 heterocycles. The van der Waals surface area contributed by atoms with Gasteiger partial charge in [-0.2, -0.15) is 0 Å². The van der Waals surface area contributed by atoms with Crippen LogP contribution in [0.1, 0.15) is 23.2 Å². The van der Waals surface area contributed by atoms with Crippen molar-refractivity contribution in [1.82, 2.24) is 4.98 Å². The fourth-order valence-electron chi connectivity index (χ4n) is 2.11. The highest BCUT2D eigenvalue weighted by molar-refractivity contribution is 7.09. The molecule has 0 aliphatic heterocycles. The molecule has 0 aliphatic carbocycles. The van der Waals surface area contributed by atoms with E-state index in [2.05, 4.69) is 4.98 Å². The Hall–Kier alpha value is -2.54. The monoisotopic (exact) mass is 363 g/mol. The van der Waals surface area contributed by atoms with Gasteiger partial charge in [-0.25, -0.2) is 9.78 Å². The molecule has 7 heteroatoms. The molecular weight excluding hydrogens is 342 g/mol. The van der Waals surface area contributed by atoms with Crippen LogP contribution in [0, 0.1) is 0 Å². The van der Waals surface area contributed by atoms with Crippen molar-refractivity contribution < 1.29 is 23.7 Å². The molecule has 2 rings (SSSR count). The van der Waals surface area contributed by atoms with Crippen molar-refractivity contribution in [3.8, 4) is 17.2 Å². The van der Waals surface area contributed by atoms with Gasteiger partial charge >= 0.3 is 5.97 Å². The Bertz CT molecular complexity index is 754. The number of hydrogen-bond donors (Lipinski definition) is 0. The zero-order valence-corrected chi connectivity index (χ0v) is 15.5. The van der Waals surface area contributed by atoms with Gasteiger partial charge in [0.25, 0.3) is 0 Å². The van der Waals surface area contributed by atoms with Crippen LogP contribution in [0.25, 0.3) is 6.08 Å². The Morgan fingerprint density at radius 1 is 1.12 bits per heavy atom. The highest BCUT2D eigenvalue weighted by atomic mass is 32.1. The van der Waals surface area contributed by atoms with E-state index in [9.17, 15) is 4.79 Å². The first-order chi connectivity index (χ1) is 12.1. The van der Waals surface area contributed by atoms with E-state index in [0.717, 1.165) is 17.1 Å². The second-order valence-electron chi connectivity index (χ2n) is 4.98. The highest BCUT2D eigenvalue weighted by Gasteiger charge is 2.10. The van der Waals surface area contributed by atoms with E-state index in [4.69, 9.17) is 18.9 Å². The van der Waals surface area contributed by atoms with Crippen molar-refractivity contribution in [2.45, 2.75) is 20.0 Å². The minimum atomic E-state index is -0.456. The molecule has 0 radical (unpaired) electrons. The summed E-state index contributed by atoms with van der Waals surface area (Å²) >= 11 is 1.56. The Morgan fingerprint density at radius 3 is 2.40 bits per heavy atom. The number of aromatic nitrogens is 1. The van der Waals surface area contributed by atoms with Gasteiger partial charge in [-0.05, 0) is 18.6 Å². The maximum absolute atomic E-state index is 11.9. The summed E-state index contributed by atoms with van der Waals surface area (Å²) < 4.78 is 21.0. The molecule has 0 saturated heterocycles. The predicted molar refractivity (Wildman–Crippen MR) is 96.4 cm³/mol. The van der Waals surface area contributed by atoms with Crippen molar-refractivity contribution >= 4 is 23.4 Å². The molecule has 1 aromatic carbocycles. The Labute approximate surface area is 151 Å². The van der Waals surface area contributed by atoms with E-state index in [0.29, 0.717) is 22.8 Å². The molecule has 134 valence electrons.